The first-order chi connectivity index (χ1) is 11.5. The standard InChI is InChI=1S/C17H12ClN3O3/c18-16-11(7-10-3-1-2-4-14(10)20-16)9-19-21-17(24)13-6-5-12(22)8-15(13)23/h1-9,22-23H,(H,21,24)/b19-9-. The molecule has 0 bridgehead atoms. The zero-order chi connectivity index (χ0) is 17.1. The molecule has 0 saturated heterocycles. The molecule has 1 heterocycles. The molecule has 0 aliphatic rings. The molecule has 0 spiro atoms. The van der Waals surface area contributed by atoms with Crippen molar-refractivity contribution in [3.05, 3.63) is 64.8 Å². The molecule has 24 heavy (non-hydrogen) atoms. The third-order valence-corrected chi connectivity index (χ3v) is 3.60. The van der Waals surface area contributed by atoms with E-state index in [2.05, 4.69) is 15.5 Å². The van der Waals surface area contributed by atoms with Crippen molar-refractivity contribution in [2.45, 2.75) is 0 Å². The number of phenols is 2. The topological polar surface area (TPSA) is 94.8 Å². The highest BCUT2D eigenvalue weighted by Gasteiger charge is 2.10. The molecular formula is C17H12ClN3O3. The lowest BCUT2D eigenvalue weighted by atomic mass is 10.2. The molecule has 0 unspecified atom stereocenters. The number of rotatable bonds is 3. The van der Waals surface area contributed by atoms with Gasteiger partial charge in [-0.3, -0.25) is 4.79 Å². The normalized spacial score (nSPS) is 11.0. The van der Waals surface area contributed by atoms with Gasteiger partial charge in [-0.2, -0.15) is 5.10 Å². The molecule has 0 radical (unpaired) electrons. The molecule has 3 N–H and O–H groups in total. The van der Waals surface area contributed by atoms with E-state index in [9.17, 15) is 15.0 Å². The van der Waals surface area contributed by atoms with Gasteiger partial charge in [0.05, 0.1) is 17.3 Å². The van der Waals surface area contributed by atoms with Gasteiger partial charge in [0, 0.05) is 17.0 Å². The number of carbonyl (C=O) groups is 1. The third-order valence-electron chi connectivity index (χ3n) is 3.30. The van der Waals surface area contributed by atoms with Crippen molar-refractivity contribution >= 4 is 34.6 Å². The highest BCUT2D eigenvalue weighted by atomic mass is 35.5. The van der Waals surface area contributed by atoms with Crippen molar-refractivity contribution in [2.24, 2.45) is 5.10 Å². The second-order valence-corrected chi connectivity index (χ2v) is 5.32. The van der Waals surface area contributed by atoms with Crippen LogP contribution in [0.2, 0.25) is 5.15 Å². The van der Waals surface area contributed by atoms with Crippen molar-refractivity contribution in [3.8, 4) is 11.5 Å². The molecule has 3 rings (SSSR count). The van der Waals surface area contributed by atoms with Gasteiger partial charge in [-0.05, 0) is 24.3 Å². The largest absolute Gasteiger partial charge is 0.508 e. The molecule has 1 aromatic heterocycles. The van der Waals surface area contributed by atoms with E-state index in [0.717, 1.165) is 17.0 Å². The number of benzene rings is 2. The molecule has 7 heteroatoms. The zero-order valence-corrected chi connectivity index (χ0v) is 13.0. The maximum absolute atomic E-state index is 11.9. The number of para-hydroxylation sites is 1. The number of phenolic OH excluding ortho intramolecular Hbond substituents is 2. The van der Waals surface area contributed by atoms with Crippen molar-refractivity contribution < 1.29 is 15.0 Å². The predicted octanol–water partition coefficient (Wildman–Crippen LogP) is 3.06. The van der Waals surface area contributed by atoms with E-state index >= 15 is 0 Å². The fourth-order valence-electron chi connectivity index (χ4n) is 2.13. The average molecular weight is 342 g/mol. The van der Waals surface area contributed by atoms with E-state index < -0.39 is 5.91 Å². The molecule has 2 aromatic carbocycles. The van der Waals surface area contributed by atoms with Crippen LogP contribution in [-0.4, -0.2) is 27.3 Å². The Hall–Kier alpha value is -3.12. The number of hydrogen-bond donors (Lipinski definition) is 3. The van der Waals surface area contributed by atoms with Crippen molar-refractivity contribution in [2.75, 3.05) is 0 Å². The molecule has 3 aromatic rings. The quantitative estimate of drug-likeness (QED) is 0.387. The second kappa shape index (κ2) is 6.55. The van der Waals surface area contributed by atoms with Crippen LogP contribution >= 0.6 is 11.6 Å². The lowest BCUT2D eigenvalue weighted by molar-refractivity contribution is 0.0952. The van der Waals surface area contributed by atoms with Gasteiger partial charge >= 0.3 is 0 Å². The Morgan fingerprint density at radius 2 is 1.96 bits per heavy atom. The van der Waals surface area contributed by atoms with Gasteiger partial charge in [-0.25, -0.2) is 10.4 Å². The Morgan fingerprint density at radius 3 is 2.75 bits per heavy atom. The number of halogens is 1. The fraction of sp³-hybridized carbons (Fsp3) is 0. The predicted molar refractivity (Wildman–Crippen MR) is 91.6 cm³/mol. The number of hydrogen-bond acceptors (Lipinski definition) is 5. The summed E-state index contributed by atoms with van der Waals surface area (Å²) in [7, 11) is 0. The minimum atomic E-state index is -0.617. The first kappa shape index (κ1) is 15.8. The fourth-order valence-corrected chi connectivity index (χ4v) is 2.33. The van der Waals surface area contributed by atoms with E-state index in [1.807, 2.05) is 24.3 Å². The molecule has 120 valence electrons. The maximum Gasteiger partial charge on any atom is 0.275 e. The van der Waals surface area contributed by atoms with Crippen LogP contribution in [0.15, 0.2) is 53.6 Å². The van der Waals surface area contributed by atoms with Gasteiger partial charge in [0.25, 0.3) is 5.91 Å². The molecule has 0 saturated carbocycles. The van der Waals surface area contributed by atoms with Gasteiger partial charge in [0.2, 0.25) is 0 Å². The summed E-state index contributed by atoms with van der Waals surface area (Å²) in [6.45, 7) is 0. The summed E-state index contributed by atoms with van der Waals surface area (Å²) < 4.78 is 0. The molecule has 0 fully saturated rings. The van der Waals surface area contributed by atoms with Gasteiger partial charge in [-0.15, -0.1) is 0 Å². The summed E-state index contributed by atoms with van der Waals surface area (Å²) in [6, 6.07) is 12.9. The number of aromatic nitrogens is 1. The summed E-state index contributed by atoms with van der Waals surface area (Å²) in [5, 5.41) is 23.8. The van der Waals surface area contributed by atoms with E-state index in [-0.39, 0.29) is 22.2 Å². The highest BCUT2D eigenvalue weighted by molar-refractivity contribution is 6.32. The molecule has 1 amide bonds. The van der Waals surface area contributed by atoms with Crippen molar-refractivity contribution in [3.63, 3.8) is 0 Å². The Kier molecular flexibility index (Phi) is 4.31. The number of fused-ring (bicyclic) bond motifs is 1. The molecule has 0 atom stereocenters. The Labute approximate surface area is 142 Å². The number of nitrogens with one attached hydrogen (secondary N) is 1. The maximum atomic E-state index is 11.9. The summed E-state index contributed by atoms with van der Waals surface area (Å²) in [4.78, 5) is 16.2. The van der Waals surface area contributed by atoms with Crippen molar-refractivity contribution in [1.82, 2.24) is 10.4 Å². The SMILES string of the molecule is O=C(N/N=C\c1cc2ccccc2nc1Cl)c1ccc(O)cc1O. The van der Waals surface area contributed by atoms with Crippen LogP contribution in [0.3, 0.4) is 0 Å². The Morgan fingerprint density at radius 1 is 1.17 bits per heavy atom. The van der Waals surface area contributed by atoms with Crippen LogP contribution < -0.4 is 5.43 Å². The molecular weight excluding hydrogens is 330 g/mol. The Bertz CT molecular complexity index is 957. The molecule has 0 aliphatic heterocycles. The lowest BCUT2D eigenvalue weighted by Crippen LogP contribution is -2.17. The monoisotopic (exact) mass is 341 g/mol. The van der Waals surface area contributed by atoms with Crippen LogP contribution in [0.25, 0.3) is 10.9 Å². The molecule has 6 nitrogen and oxygen atoms in total. The number of hydrazone groups is 1. The first-order valence-corrected chi connectivity index (χ1v) is 7.33. The van der Waals surface area contributed by atoms with E-state index in [1.54, 1.807) is 6.07 Å². The smallest absolute Gasteiger partial charge is 0.275 e. The number of amides is 1. The Balaban J connectivity index is 1.78. The zero-order valence-electron chi connectivity index (χ0n) is 12.3. The van der Waals surface area contributed by atoms with Crippen LogP contribution in [0, 0.1) is 0 Å². The van der Waals surface area contributed by atoms with Crippen molar-refractivity contribution in [1.29, 1.82) is 0 Å². The summed E-state index contributed by atoms with van der Waals surface area (Å²) in [5.41, 5.74) is 3.59. The minimum absolute atomic E-state index is 0.00677. The van der Waals surface area contributed by atoms with Gasteiger partial charge in [0.1, 0.15) is 16.7 Å². The summed E-state index contributed by atoms with van der Waals surface area (Å²) in [5.74, 6) is -1.09. The summed E-state index contributed by atoms with van der Waals surface area (Å²) >= 11 is 6.10. The minimum Gasteiger partial charge on any atom is -0.508 e. The van der Waals surface area contributed by atoms with Gasteiger partial charge in [0.15, 0.2) is 0 Å². The highest BCUT2D eigenvalue weighted by Crippen LogP contribution is 2.22. The van der Waals surface area contributed by atoms with Crippen LogP contribution in [0.1, 0.15) is 15.9 Å². The van der Waals surface area contributed by atoms with Crippen LogP contribution in [-0.2, 0) is 0 Å². The van der Waals surface area contributed by atoms with E-state index in [1.165, 1.54) is 18.3 Å². The van der Waals surface area contributed by atoms with E-state index in [0.29, 0.717) is 5.56 Å². The number of carbonyl (C=O) groups excluding carboxylic acids is 1. The number of pyridine rings is 1. The summed E-state index contributed by atoms with van der Waals surface area (Å²) in [6.07, 6.45) is 1.37. The van der Waals surface area contributed by atoms with Crippen LogP contribution in [0.4, 0.5) is 0 Å². The van der Waals surface area contributed by atoms with Gasteiger partial charge in [-0.1, -0.05) is 29.8 Å². The third kappa shape index (κ3) is 3.28. The number of nitrogens with zero attached hydrogens (tertiary/aromatic N) is 2. The number of aromatic hydroxyl groups is 2. The lowest BCUT2D eigenvalue weighted by Gasteiger charge is -2.04. The first-order valence-electron chi connectivity index (χ1n) is 6.95. The van der Waals surface area contributed by atoms with E-state index in [4.69, 9.17) is 11.6 Å². The molecule has 0 aliphatic carbocycles. The second-order valence-electron chi connectivity index (χ2n) is 4.96. The van der Waals surface area contributed by atoms with Crippen LogP contribution in [0.5, 0.6) is 11.5 Å². The van der Waals surface area contributed by atoms with Gasteiger partial charge < -0.3 is 10.2 Å². The average Bonchev–Trinajstić information content (AvgIpc) is 2.55.